The minimum Gasteiger partial charge on any atom is -0.483 e. The molecule has 3 heterocycles. The first-order chi connectivity index (χ1) is 15.5. The molecule has 1 aromatic carbocycles. The zero-order valence-corrected chi connectivity index (χ0v) is 18.0. The largest absolute Gasteiger partial charge is 0.483 e. The van der Waals surface area contributed by atoms with Crippen molar-refractivity contribution in [3.63, 3.8) is 0 Å². The standard InChI is InChI=1S/C21H25N5O3.CH2O2/c1-14-22-23-20(29-14)26-12-18(27)21(13-26)17(19(21)15-6-4-3-5-7-15)11-25(2)10-16-8-9-28-24-16;2-1-3/h3-9,17-19,27H,10-13H2,1-2H3;1H,(H,2,3)/t17-,18-,19-,21-;/m1./s1. The lowest BCUT2D eigenvalue weighted by Crippen LogP contribution is -2.28. The Labute approximate surface area is 185 Å². The molecule has 2 aromatic heterocycles. The summed E-state index contributed by atoms with van der Waals surface area (Å²) in [5, 5.41) is 30.2. The molecule has 5 rings (SSSR count). The molecule has 170 valence electrons. The predicted octanol–water partition coefficient (Wildman–Crippen LogP) is 1.78. The molecule has 1 aliphatic heterocycles. The molecule has 32 heavy (non-hydrogen) atoms. The quantitative estimate of drug-likeness (QED) is 0.546. The molecule has 0 amide bonds. The summed E-state index contributed by atoms with van der Waals surface area (Å²) in [6.07, 6.45) is 1.14. The highest BCUT2D eigenvalue weighted by Crippen LogP contribution is 2.69. The van der Waals surface area contributed by atoms with E-state index in [2.05, 4.69) is 51.6 Å². The van der Waals surface area contributed by atoms with Gasteiger partial charge < -0.3 is 29.0 Å². The molecule has 10 nitrogen and oxygen atoms in total. The van der Waals surface area contributed by atoms with Crippen LogP contribution in [0.2, 0.25) is 0 Å². The molecule has 0 radical (unpaired) electrons. The minimum absolute atomic E-state index is 0.220. The zero-order valence-electron chi connectivity index (χ0n) is 18.0. The van der Waals surface area contributed by atoms with Crippen molar-refractivity contribution in [1.29, 1.82) is 0 Å². The summed E-state index contributed by atoms with van der Waals surface area (Å²) in [6.45, 7) is 4.32. The average Bonchev–Trinajstić information content (AvgIpc) is 3.23. The Morgan fingerprint density at radius 1 is 1.28 bits per heavy atom. The van der Waals surface area contributed by atoms with Gasteiger partial charge >= 0.3 is 6.01 Å². The first-order valence-corrected chi connectivity index (χ1v) is 10.4. The molecule has 2 fully saturated rings. The molecule has 10 heteroatoms. The highest BCUT2D eigenvalue weighted by molar-refractivity contribution is 5.43. The lowest BCUT2D eigenvalue weighted by Gasteiger charge is -2.18. The van der Waals surface area contributed by atoms with Gasteiger partial charge in [0.25, 0.3) is 6.47 Å². The van der Waals surface area contributed by atoms with Crippen LogP contribution in [0.4, 0.5) is 6.01 Å². The van der Waals surface area contributed by atoms with Crippen molar-refractivity contribution in [2.45, 2.75) is 25.5 Å². The maximum atomic E-state index is 11.2. The van der Waals surface area contributed by atoms with Crippen molar-refractivity contribution in [2.24, 2.45) is 11.3 Å². The fourth-order valence-electron chi connectivity index (χ4n) is 5.12. The van der Waals surface area contributed by atoms with Gasteiger partial charge in [-0.15, -0.1) is 5.10 Å². The summed E-state index contributed by atoms with van der Waals surface area (Å²) < 4.78 is 10.6. The van der Waals surface area contributed by atoms with Crippen LogP contribution in [0.5, 0.6) is 0 Å². The Morgan fingerprint density at radius 3 is 2.66 bits per heavy atom. The first kappa shape index (κ1) is 22.0. The van der Waals surface area contributed by atoms with Gasteiger partial charge in [0.1, 0.15) is 6.26 Å². The smallest absolute Gasteiger partial charge is 0.318 e. The van der Waals surface area contributed by atoms with Crippen LogP contribution in [-0.4, -0.2) is 69.7 Å². The second kappa shape index (κ2) is 9.09. The summed E-state index contributed by atoms with van der Waals surface area (Å²) in [7, 11) is 2.09. The molecule has 1 spiro atoms. The van der Waals surface area contributed by atoms with Gasteiger partial charge in [-0.1, -0.05) is 40.6 Å². The summed E-state index contributed by atoms with van der Waals surface area (Å²) in [5.74, 6) is 1.15. The number of carboxylic acid groups (broad SMARTS) is 1. The summed E-state index contributed by atoms with van der Waals surface area (Å²) in [6, 6.07) is 12.9. The number of aliphatic hydroxyl groups excluding tert-OH is 1. The number of rotatable bonds is 6. The van der Waals surface area contributed by atoms with Crippen molar-refractivity contribution in [3.8, 4) is 0 Å². The Hall–Kier alpha value is -3.24. The number of anilines is 1. The number of aliphatic hydroxyl groups is 1. The molecule has 1 aliphatic carbocycles. The third-order valence-corrected chi connectivity index (χ3v) is 6.42. The average molecular weight is 441 g/mol. The number of β-amino-alcohol motifs (C(OH)–C–C–N with tert-alkyl or cyclic N) is 1. The topological polar surface area (TPSA) is 129 Å². The number of carbonyl (C=O) groups is 1. The van der Waals surface area contributed by atoms with E-state index < -0.39 is 6.10 Å². The summed E-state index contributed by atoms with van der Waals surface area (Å²) in [5.41, 5.74) is 1.96. The Morgan fingerprint density at radius 2 is 2.03 bits per heavy atom. The molecule has 3 aromatic rings. The second-order valence-corrected chi connectivity index (χ2v) is 8.40. The number of hydrogen-bond donors (Lipinski definition) is 2. The molecule has 4 atom stereocenters. The fourth-order valence-corrected chi connectivity index (χ4v) is 5.12. The van der Waals surface area contributed by atoms with E-state index >= 15 is 0 Å². The van der Waals surface area contributed by atoms with Gasteiger partial charge in [0.2, 0.25) is 5.89 Å². The van der Waals surface area contributed by atoms with E-state index in [4.69, 9.17) is 18.8 Å². The third kappa shape index (κ3) is 4.11. The van der Waals surface area contributed by atoms with Crippen LogP contribution in [0.25, 0.3) is 0 Å². The Kier molecular flexibility index (Phi) is 6.24. The van der Waals surface area contributed by atoms with Gasteiger partial charge in [0, 0.05) is 44.6 Å². The number of aromatic nitrogens is 3. The monoisotopic (exact) mass is 441 g/mol. The van der Waals surface area contributed by atoms with Gasteiger partial charge in [-0.2, -0.15) is 0 Å². The van der Waals surface area contributed by atoms with E-state index in [9.17, 15) is 5.11 Å². The maximum Gasteiger partial charge on any atom is 0.318 e. The van der Waals surface area contributed by atoms with E-state index in [0.29, 0.717) is 37.5 Å². The van der Waals surface area contributed by atoms with Gasteiger partial charge in [-0.25, -0.2) is 0 Å². The number of aryl methyl sites for hydroxylation is 1. The normalized spacial score (nSPS) is 26.2. The van der Waals surface area contributed by atoms with E-state index in [-0.39, 0.29) is 17.8 Å². The summed E-state index contributed by atoms with van der Waals surface area (Å²) >= 11 is 0. The lowest BCUT2D eigenvalue weighted by atomic mass is 9.95. The molecule has 2 N–H and O–H groups in total. The van der Waals surface area contributed by atoms with E-state index in [0.717, 1.165) is 12.2 Å². The van der Waals surface area contributed by atoms with E-state index in [1.165, 1.54) is 5.56 Å². The number of benzene rings is 1. The van der Waals surface area contributed by atoms with Crippen molar-refractivity contribution < 1.29 is 23.9 Å². The fraction of sp³-hybridized carbons (Fsp3) is 0.455. The van der Waals surface area contributed by atoms with Gasteiger partial charge in [0.05, 0.1) is 11.8 Å². The number of hydrogen-bond acceptors (Lipinski definition) is 9. The maximum absolute atomic E-state index is 11.2. The predicted molar refractivity (Wildman–Crippen MR) is 114 cm³/mol. The van der Waals surface area contributed by atoms with Crippen molar-refractivity contribution in [1.82, 2.24) is 20.3 Å². The van der Waals surface area contributed by atoms with Crippen LogP contribution in [0.15, 0.2) is 51.6 Å². The van der Waals surface area contributed by atoms with Gasteiger partial charge in [-0.05, 0) is 24.4 Å². The lowest BCUT2D eigenvalue weighted by molar-refractivity contribution is -0.122. The van der Waals surface area contributed by atoms with Gasteiger partial charge in [0.15, 0.2) is 0 Å². The van der Waals surface area contributed by atoms with E-state index in [1.807, 2.05) is 17.0 Å². The summed E-state index contributed by atoms with van der Waals surface area (Å²) in [4.78, 5) is 12.6. The third-order valence-electron chi connectivity index (χ3n) is 6.42. The first-order valence-electron chi connectivity index (χ1n) is 10.4. The Bertz CT molecular complexity index is 1010. The Balaban J connectivity index is 0.000000775. The second-order valence-electron chi connectivity index (χ2n) is 8.40. The van der Waals surface area contributed by atoms with Crippen molar-refractivity contribution in [3.05, 3.63) is 59.8 Å². The van der Waals surface area contributed by atoms with Gasteiger partial charge in [-0.3, -0.25) is 4.79 Å². The van der Waals surface area contributed by atoms with Crippen LogP contribution in [-0.2, 0) is 11.3 Å². The molecule has 0 bridgehead atoms. The van der Waals surface area contributed by atoms with Crippen LogP contribution in [0.3, 0.4) is 0 Å². The molecular weight excluding hydrogens is 414 g/mol. The molecule has 0 unspecified atom stereocenters. The van der Waals surface area contributed by atoms with Crippen molar-refractivity contribution >= 4 is 12.5 Å². The zero-order chi connectivity index (χ0) is 22.7. The number of nitrogens with zero attached hydrogens (tertiary/aromatic N) is 5. The van der Waals surface area contributed by atoms with Crippen molar-refractivity contribution in [2.75, 3.05) is 31.6 Å². The van der Waals surface area contributed by atoms with Crippen LogP contribution in [0, 0.1) is 18.3 Å². The SMILES string of the molecule is Cc1nnc(N2C[C@@H](O)[C@@]3(C2)[C@H](CN(C)Cc2ccon2)[C@H]3c2ccccc2)o1.O=CO. The molecular formula is C22H27N5O5. The van der Waals surface area contributed by atoms with E-state index in [1.54, 1.807) is 13.2 Å². The minimum atomic E-state index is -0.453. The molecule has 1 saturated carbocycles. The molecule has 2 aliphatic rings. The highest BCUT2D eigenvalue weighted by Gasteiger charge is 2.71. The van der Waals surface area contributed by atoms with Crippen LogP contribution < -0.4 is 4.90 Å². The molecule has 1 saturated heterocycles. The highest BCUT2D eigenvalue weighted by atomic mass is 16.5. The van der Waals surface area contributed by atoms with Crippen LogP contribution >= 0.6 is 0 Å². The van der Waals surface area contributed by atoms with Crippen LogP contribution in [0.1, 0.15) is 23.1 Å².